The third-order valence-corrected chi connectivity index (χ3v) is 6.40. The molecule has 0 aliphatic heterocycles. The first-order chi connectivity index (χ1) is 17.2. The molecule has 6 heteroatoms. The Labute approximate surface area is 211 Å². The molecule has 3 aromatic rings. The van der Waals surface area contributed by atoms with Gasteiger partial charge in [-0.25, -0.2) is 4.79 Å². The molecule has 0 unspecified atom stereocenters. The van der Waals surface area contributed by atoms with E-state index in [1.807, 2.05) is 36.4 Å². The predicted molar refractivity (Wildman–Crippen MR) is 138 cm³/mol. The molecule has 0 saturated carbocycles. The molecule has 1 aliphatic carbocycles. The van der Waals surface area contributed by atoms with Gasteiger partial charge in [-0.1, -0.05) is 67.1 Å². The van der Waals surface area contributed by atoms with Crippen molar-refractivity contribution >= 4 is 23.7 Å². The number of alkyl halides is 1. The topological polar surface area (TPSA) is 64.6 Å². The second-order valence-electron chi connectivity index (χ2n) is 8.62. The van der Waals surface area contributed by atoms with Crippen molar-refractivity contribution in [3.05, 3.63) is 89.5 Å². The van der Waals surface area contributed by atoms with E-state index in [1.165, 1.54) is 22.3 Å². The van der Waals surface area contributed by atoms with E-state index in [4.69, 9.17) is 21.1 Å². The monoisotopic (exact) mass is 491 g/mol. The highest BCUT2D eigenvalue weighted by atomic mass is 35.5. The van der Waals surface area contributed by atoms with E-state index in [0.29, 0.717) is 37.6 Å². The molecule has 35 heavy (non-hydrogen) atoms. The standard InChI is InChI=1S/C29H30ClNO4/c30-18-17-21-13-15-22(16-14-21)35-28(32)12-2-1-7-19-31-29(33)34-20-27-25-10-5-3-8-23(25)24-9-4-6-11-26(24)27/h3-6,8-11,13-16,27H,1-2,7,12,17-20H2,(H,31,33). The SMILES string of the molecule is O=C(CCCCCNC(=O)OCC1c2ccccc2-c2ccccc21)Oc1ccc(CCCl)cc1. The average molecular weight is 492 g/mol. The molecule has 0 spiro atoms. The molecule has 1 N–H and O–H groups in total. The van der Waals surface area contributed by atoms with Gasteiger partial charge in [0, 0.05) is 24.8 Å². The summed E-state index contributed by atoms with van der Waals surface area (Å²) in [4.78, 5) is 24.2. The Hall–Kier alpha value is -3.31. The van der Waals surface area contributed by atoms with Crippen LogP contribution >= 0.6 is 11.6 Å². The number of ether oxygens (including phenoxy) is 2. The minimum atomic E-state index is -0.413. The number of halogens is 1. The largest absolute Gasteiger partial charge is 0.449 e. The predicted octanol–water partition coefficient (Wildman–Crippen LogP) is 6.47. The Bertz CT molecular complexity index is 1100. The molecule has 0 fully saturated rings. The zero-order chi connectivity index (χ0) is 24.5. The Morgan fingerprint density at radius 2 is 1.49 bits per heavy atom. The van der Waals surface area contributed by atoms with Crippen LogP contribution in [0.4, 0.5) is 4.79 Å². The van der Waals surface area contributed by atoms with Crippen LogP contribution in [0.1, 0.15) is 48.3 Å². The molecule has 0 atom stereocenters. The molecule has 0 heterocycles. The average Bonchev–Trinajstić information content (AvgIpc) is 3.20. The van der Waals surface area contributed by atoms with Crippen LogP contribution in [0.25, 0.3) is 11.1 Å². The zero-order valence-electron chi connectivity index (χ0n) is 19.7. The molecule has 0 aromatic heterocycles. The number of unbranched alkanes of at least 4 members (excludes halogenated alkanes) is 2. The van der Waals surface area contributed by atoms with Crippen molar-refractivity contribution in [3.8, 4) is 16.9 Å². The van der Waals surface area contributed by atoms with Gasteiger partial charge in [-0.15, -0.1) is 11.6 Å². The van der Waals surface area contributed by atoms with E-state index in [1.54, 1.807) is 12.1 Å². The molecule has 1 aliphatic rings. The van der Waals surface area contributed by atoms with Crippen LogP contribution in [-0.2, 0) is 16.0 Å². The Balaban J connectivity index is 1.11. The number of amides is 1. The number of fused-ring (bicyclic) bond motifs is 3. The number of hydrogen-bond donors (Lipinski definition) is 1. The van der Waals surface area contributed by atoms with E-state index >= 15 is 0 Å². The molecule has 0 bridgehead atoms. The third kappa shape index (κ3) is 6.64. The molecule has 0 radical (unpaired) electrons. The minimum Gasteiger partial charge on any atom is -0.449 e. The van der Waals surface area contributed by atoms with Gasteiger partial charge >= 0.3 is 12.1 Å². The number of nitrogens with one attached hydrogen (secondary N) is 1. The van der Waals surface area contributed by atoms with Crippen molar-refractivity contribution in [1.82, 2.24) is 5.32 Å². The fourth-order valence-corrected chi connectivity index (χ4v) is 4.64. The number of aryl methyl sites for hydroxylation is 1. The highest BCUT2D eigenvalue weighted by Gasteiger charge is 2.28. The van der Waals surface area contributed by atoms with E-state index < -0.39 is 6.09 Å². The molecule has 1 amide bonds. The van der Waals surface area contributed by atoms with E-state index in [9.17, 15) is 9.59 Å². The van der Waals surface area contributed by atoms with Crippen LogP contribution < -0.4 is 10.1 Å². The van der Waals surface area contributed by atoms with Crippen LogP contribution in [0.3, 0.4) is 0 Å². The highest BCUT2D eigenvalue weighted by molar-refractivity contribution is 6.17. The van der Waals surface area contributed by atoms with Gasteiger partial charge in [-0.05, 0) is 59.2 Å². The van der Waals surface area contributed by atoms with Crippen LogP contribution in [-0.4, -0.2) is 31.1 Å². The summed E-state index contributed by atoms with van der Waals surface area (Å²) in [5.41, 5.74) is 5.92. The number of carbonyl (C=O) groups excluding carboxylic acids is 2. The minimum absolute atomic E-state index is 0.0516. The van der Waals surface area contributed by atoms with Crippen molar-refractivity contribution < 1.29 is 19.1 Å². The lowest BCUT2D eigenvalue weighted by Gasteiger charge is -2.14. The number of rotatable bonds is 11. The fraction of sp³-hybridized carbons (Fsp3) is 0.310. The van der Waals surface area contributed by atoms with Crippen molar-refractivity contribution in [2.75, 3.05) is 19.0 Å². The van der Waals surface area contributed by atoms with Crippen LogP contribution in [0, 0.1) is 0 Å². The first-order valence-electron chi connectivity index (χ1n) is 12.1. The normalized spacial score (nSPS) is 12.0. The quantitative estimate of drug-likeness (QED) is 0.144. The maximum atomic E-state index is 12.2. The lowest BCUT2D eigenvalue weighted by molar-refractivity contribution is -0.134. The summed E-state index contributed by atoms with van der Waals surface area (Å²) in [5.74, 6) is 0.912. The van der Waals surface area contributed by atoms with Crippen LogP contribution in [0.15, 0.2) is 72.8 Å². The van der Waals surface area contributed by atoms with E-state index in [-0.39, 0.29) is 11.9 Å². The van der Waals surface area contributed by atoms with Crippen molar-refractivity contribution in [2.45, 2.75) is 38.0 Å². The molecule has 182 valence electrons. The number of esters is 1. The van der Waals surface area contributed by atoms with Gasteiger partial charge in [-0.3, -0.25) is 4.79 Å². The smallest absolute Gasteiger partial charge is 0.407 e. The number of benzene rings is 3. The summed E-state index contributed by atoms with van der Waals surface area (Å²) < 4.78 is 10.9. The number of alkyl carbamates (subject to hydrolysis) is 1. The highest BCUT2D eigenvalue weighted by Crippen LogP contribution is 2.44. The van der Waals surface area contributed by atoms with Crippen molar-refractivity contribution in [2.24, 2.45) is 0 Å². The van der Waals surface area contributed by atoms with Crippen molar-refractivity contribution in [1.29, 1.82) is 0 Å². The summed E-state index contributed by atoms with van der Waals surface area (Å²) in [6.07, 6.45) is 3.01. The van der Waals surface area contributed by atoms with Gasteiger partial charge in [0.2, 0.25) is 0 Å². The summed E-state index contributed by atoms with van der Waals surface area (Å²) in [6.45, 7) is 0.812. The molecular weight excluding hydrogens is 462 g/mol. The fourth-order valence-electron chi connectivity index (χ4n) is 4.43. The Morgan fingerprint density at radius 3 is 2.14 bits per heavy atom. The molecular formula is C29H30ClNO4. The van der Waals surface area contributed by atoms with Crippen molar-refractivity contribution in [3.63, 3.8) is 0 Å². The summed E-state index contributed by atoms with van der Waals surface area (Å²) in [7, 11) is 0. The maximum Gasteiger partial charge on any atom is 0.407 e. The lowest BCUT2D eigenvalue weighted by atomic mass is 9.98. The molecule has 3 aromatic carbocycles. The maximum absolute atomic E-state index is 12.2. The van der Waals surface area contributed by atoms with Gasteiger partial charge in [0.1, 0.15) is 12.4 Å². The van der Waals surface area contributed by atoms with Gasteiger partial charge in [0.15, 0.2) is 0 Å². The van der Waals surface area contributed by atoms with Gasteiger partial charge in [0.25, 0.3) is 0 Å². The first-order valence-corrected chi connectivity index (χ1v) is 12.6. The lowest BCUT2D eigenvalue weighted by Crippen LogP contribution is -2.27. The number of carbonyl (C=O) groups is 2. The second-order valence-corrected chi connectivity index (χ2v) is 9.00. The molecule has 5 nitrogen and oxygen atoms in total. The molecule has 4 rings (SSSR count). The summed E-state index contributed by atoms with van der Waals surface area (Å²) in [6, 6.07) is 23.9. The van der Waals surface area contributed by atoms with E-state index in [0.717, 1.165) is 24.8 Å². The van der Waals surface area contributed by atoms with Gasteiger partial charge in [-0.2, -0.15) is 0 Å². The number of hydrogen-bond acceptors (Lipinski definition) is 4. The summed E-state index contributed by atoms with van der Waals surface area (Å²) >= 11 is 5.73. The third-order valence-electron chi connectivity index (χ3n) is 6.21. The first kappa shape index (κ1) is 24.8. The summed E-state index contributed by atoms with van der Waals surface area (Å²) in [5, 5.41) is 2.81. The second kappa shape index (κ2) is 12.4. The Kier molecular flexibility index (Phi) is 8.79. The van der Waals surface area contributed by atoms with Gasteiger partial charge < -0.3 is 14.8 Å². The molecule has 0 saturated heterocycles. The Morgan fingerprint density at radius 1 is 0.829 bits per heavy atom. The van der Waals surface area contributed by atoms with Crippen LogP contribution in [0.2, 0.25) is 0 Å². The zero-order valence-corrected chi connectivity index (χ0v) is 20.4. The van der Waals surface area contributed by atoms with Crippen LogP contribution in [0.5, 0.6) is 5.75 Å². The van der Waals surface area contributed by atoms with E-state index in [2.05, 4.69) is 29.6 Å². The van der Waals surface area contributed by atoms with Gasteiger partial charge in [0.05, 0.1) is 0 Å².